The summed E-state index contributed by atoms with van der Waals surface area (Å²) in [5.41, 5.74) is 1.45. The van der Waals surface area contributed by atoms with Crippen molar-refractivity contribution in [2.75, 3.05) is 4.90 Å². The van der Waals surface area contributed by atoms with Crippen molar-refractivity contribution in [3.05, 3.63) is 59.1 Å². The molecule has 0 bridgehead atoms. The van der Waals surface area contributed by atoms with E-state index in [1.165, 1.54) is 18.0 Å². The first-order valence-corrected chi connectivity index (χ1v) is 8.75. The number of aliphatic imine (C=N–C) groups is 1. The summed E-state index contributed by atoms with van der Waals surface area (Å²) in [6, 6.07) is 13.1. The molecule has 0 spiro atoms. The molecule has 1 aliphatic heterocycles. The van der Waals surface area contributed by atoms with Gasteiger partial charge in [0.25, 0.3) is 5.91 Å². The number of rotatable bonds is 4. The van der Waals surface area contributed by atoms with Crippen LogP contribution in [-0.2, 0) is 9.59 Å². The number of ketones is 1. The Kier molecular flexibility index (Phi) is 5.43. The highest BCUT2D eigenvalue weighted by Gasteiger charge is 2.38. The molecule has 2 amide bonds. The summed E-state index contributed by atoms with van der Waals surface area (Å²) in [7, 11) is 0. The van der Waals surface area contributed by atoms with Gasteiger partial charge in [-0.3, -0.25) is 24.3 Å². The summed E-state index contributed by atoms with van der Waals surface area (Å²) in [6.45, 7) is 1.45. The second-order valence-electron chi connectivity index (χ2n) is 5.81. The number of halogens is 1. The normalized spacial score (nSPS) is 17.3. The molecule has 1 heterocycles. The molecule has 1 saturated heterocycles. The van der Waals surface area contributed by atoms with Gasteiger partial charge < -0.3 is 5.32 Å². The third kappa shape index (κ3) is 4.10. The van der Waals surface area contributed by atoms with Crippen molar-refractivity contribution in [3.8, 4) is 0 Å². The lowest BCUT2D eigenvalue weighted by molar-refractivity contribution is -0.130. The maximum Gasteiger partial charge on any atom is 0.251 e. The Hall–Kier alpha value is -2.90. The maximum absolute atomic E-state index is 12.8. The van der Waals surface area contributed by atoms with Gasteiger partial charge in [0.15, 0.2) is 16.8 Å². The van der Waals surface area contributed by atoms with Crippen molar-refractivity contribution < 1.29 is 14.4 Å². The summed E-state index contributed by atoms with van der Waals surface area (Å²) < 4.78 is 0. The molecule has 3 rings (SSSR count). The Labute approximate surface area is 165 Å². The lowest BCUT2D eigenvalue weighted by Crippen LogP contribution is -2.58. The molecule has 1 N–H and O–H groups in total. The summed E-state index contributed by atoms with van der Waals surface area (Å²) in [5, 5.41) is 3.02. The molecule has 136 valence electrons. The highest BCUT2D eigenvalue weighted by atomic mass is 35.5. The Morgan fingerprint density at radius 3 is 2.59 bits per heavy atom. The maximum atomic E-state index is 12.8. The number of carbonyl (C=O) groups is 3. The predicted octanol–water partition coefficient (Wildman–Crippen LogP) is 3.31. The van der Waals surface area contributed by atoms with Gasteiger partial charge in [0.2, 0.25) is 5.91 Å². The minimum absolute atomic E-state index is 0.00412. The van der Waals surface area contributed by atoms with Gasteiger partial charge in [-0.25, -0.2) is 0 Å². The van der Waals surface area contributed by atoms with Crippen LogP contribution in [0.15, 0.2) is 53.5 Å². The summed E-state index contributed by atoms with van der Waals surface area (Å²) in [4.78, 5) is 41.9. The number of nitrogens with one attached hydrogen (secondary N) is 1. The van der Waals surface area contributed by atoms with E-state index >= 15 is 0 Å². The first-order chi connectivity index (χ1) is 12.9. The molecular formula is C19H14ClN3O3S. The molecule has 0 unspecified atom stereocenters. The number of carbonyl (C=O) groups excluding carboxylic acids is 3. The smallest absolute Gasteiger partial charge is 0.251 e. The molecule has 2 aromatic carbocycles. The fourth-order valence-electron chi connectivity index (χ4n) is 2.52. The lowest BCUT2D eigenvalue weighted by atomic mass is 10.1. The molecule has 0 aliphatic carbocycles. The highest BCUT2D eigenvalue weighted by Crippen LogP contribution is 2.23. The standard InChI is InChI=1S/C19H14ClN3O3S/c1-11(24)12-3-2-4-14(9-12)21-10-16-17(25)22-19(27)23(18(16)26)15-7-5-13(20)6-8-15/h2-10,16H,1H3,(H,22,25,27)/t16-/m0/s1. The van der Waals surface area contributed by atoms with Crippen LogP contribution in [0, 0.1) is 5.92 Å². The fraction of sp³-hybridized carbons (Fsp3) is 0.105. The molecule has 1 fully saturated rings. The zero-order valence-corrected chi connectivity index (χ0v) is 15.8. The summed E-state index contributed by atoms with van der Waals surface area (Å²) in [6.07, 6.45) is 1.25. The van der Waals surface area contributed by atoms with Crippen molar-refractivity contribution in [2.24, 2.45) is 10.9 Å². The van der Waals surface area contributed by atoms with Crippen LogP contribution in [0.25, 0.3) is 0 Å². The van der Waals surface area contributed by atoms with Gasteiger partial charge in [-0.15, -0.1) is 0 Å². The number of hydrogen-bond donors (Lipinski definition) is 1. The van der Waals surface area contributed by atoms with E-state index < -0.39 is 17.7 Å². The van der Waals surface area contributed by atoms with Crippen molar-refractivity contribution in [1.82, 2.24) is 5.32 Å². The van der Waals surface area contributed by atoms with Gasteiger partial charge in [-0.05, 0) is 55.5 Å². The number of Topliss-reactive ketones (excluding diaryl/α,β-unsaturated/α-hetero) is 1. The van der Waals surface area contributed by atoms with E-state index in [1.807, 2.05) is 0 Å². The van der Waals surface area contributed by atoms with Gasteiger partial charge >= 0.3 is 0 Å². The number of anilines is 1. The predicted molar refractivity (Wildman–Crippen MR) is 108 cm³/mol. The summed E-state index contributed by atoms with van der Waals surface area (Å²) in [5.74, 6) is -2.31. The van der Waals surface area contributed by atoms with Gasteiger partial charge in [0.05, 0.1) is 11.4 Å². The van der Waals surface area contributed by atoms with E-state index in [4.69, 9.17) is 23.8 Å². The number of benzene rings is 2. The topological polar surface area (TPSA) is 78.8 Å². The van der Waals surface area contributed by atoms with Gasteiger partial charge in [0, 0.05) is 16.8 Å². The van der Waals surface area contributed by atoms with Crippen LogP contribution in [-0.4, -0.2) is 28.9 Å². The minimum atomic E-state index is -1.15. The van der Waals surface area contributed by atoms with E-state index in [2.05, 4.69) is 10.3 Å². The molecular weight excluding hydrogens is 386 g/mol. The SMILES string of the molecule is CC(=O)c1cccc(N=C[C@H]2C(=O)NC(=S)N(c3ccc(Cl)cc3)C2=O)c1. The monoisotopic (exact) mass is 399 g/mol. The summed E-state index contributed by atoms with van der Waals surface area (Å²) >= 11 is 11.0. The minimum Gasteiger partial charge on any atom is -0.301 e. The van der Waals surface area contributed by atoms with Crippen LogP contribution in [0.4, 0.5) is 11.4 Å². The molecule has 0 aromatic heterocycles. The highest BCUT2D eigenvalue weighted by molar-refractivity contribution is 7.80. The Morgan fingerprint density at radius 1 is 1.22 bits per heavy atom. The van der Waals surface area contributed by atoms with Gasteiger partial charge in [0.1, 0.15) is 0 Å². The van der Waals surface area contributed by atoms with E-state index in [-0.39, 0.29) is 10.9 Å². The van der Waals surface area contributed by atoms with E-state index in [0.29, 0.717) is 22.0 Å². The zero-order valence-electron chi connectivity index (χ0n) is 14.2. The van der Waals surface area contributed by atoms with E-state index in [9.17, 15) is 14.4 Å². The molecule has 1 atom stereocenters. The molecule has 2 aromatic rings. The first kappa shape index (κ1) is 18.9. The third-order valence-corrected chi connectivity index (χ3v) is 4.45. The molecule has 0 saturated carbocycles. The second kappa shape index (κ2) is 7.77. The number of amides is 2. The first-order valence-electron chi connectivity index (χ1n) is 7.96. The molecule has 8 heteroatoms. The Morgan fingerprint density at radius 2 is 1.93 bits per heavy atom. The molecule has 27 heavy (non-hydrogen) atoms. The average molecular weight is 400 g/mol. The molecule has 0 radical (unpaired) electrons. The number of thiocarbonyl (C=S) groups is 1. The van der Waals surface area contributed by atoms with Crippen LogP contribution in [0.3, 0.4) is 0 Å². The van der Waals surface area contributed by atoms with Crippen LogP contribution < -0.4 is 10.2 Å². The number of hydrogen-bond acceptors (Lipinski definition) is 5. The zero-order chi connectivity index (χ0) is 19.6. The Balaban J connectivity index is 1.88. The quantitative estimate of drug-likeness (QED) is 0.370. The number of nitrogens with zero attached hydrogens (tertiary/aromatic N) is 2. The van der Waals surface area contributed by atoms with Crippen molar-refractivity contribution in [2.45, 2.75) is 6.92 Å². The van der Waals surface area contributed by atoms with Crippen molar-refractivity contribution in [1.29, 1.82) is 0 Å². The van der Waals surface area contributed by atoms with Crippen LogP contribution in [0.5, 0.6) is 0 Å². The van der Waals surface area contributed by atoms with Crippen molar-refractivity contribution >= 4 is 64.1 Å². The van der Waals surface area contributed by atoms with Crippen LogP contribution in [0.2, 0.25) is 5.02 Å². The third-order valence-electron chi connectivity index (χ3n) is 3.91. The van der Waals surface area contributed by atoms with E-state index in [1.54, 1.807) is 48.5 Å². The molecule has 6 nitrogen and oxygen atoms in total. The lowest BCUT2D eigenvalue weighted by Gasteiger charge is -2.30. The fourth-order valence-corrected chi connectivity index (χ4v) is 2.94. The molecule has 1 aliphatic rings. The largest absolute Gasteiger partial charge is 0.301 e. The van der Waals surface area contributed by atoms with Gasteiger partial charge in [-0.2, -0.15) is 0 Å². The van der Waals surface area contributed by atoms with E-state index in [0.717, 1.165) is 0 Å². The van der Waals surface area contributed by atoms with Crippen LogP contribution >= 0.6 is 23.8 Å². The van der Waals surface area contributed by atoms with Crippen LogP contribution in [0.1, 0.15) is 17.3 Å². The average Bonchev–Trinajstić information content (AvgIpc) is 2.63. The second-order valence-corrected chi connectivity index (χ2v) is 6.63. The van der Waals surface area contributed by atoms with Crippen molar-refractivity contribution in [3.63, 3.8) is 0 Å². The van der Waals surface area contributed by atoms with Gasteiger partial charge in [-0.1, -0.05) is 23.7 Å². The Bertz CT molecular complexity index is 972.